The summed E-state index contributed by atoms with van der Waals surface area (Å²) in [6.45, 7) is 11.5. The van der Waals surface area contributed by atoms with Crippen molar-refractivity contribution < 1.29 is 14.3 Å². The third-order valence-electron chi connectivity index (χ3n) is 5.02. The Labute approximate surface area is 194 Å². The van der Waals surface area contributed by atoms with Crippen LogP contribution in [0.5, 0.6) is 0 Å². The van der Waals surface area contributed by atoms with Gasteiger partial charge in [0.05, 0.1) is 36.8 Å². The van der Waals surface area contributed by atoms with Gasteiger partial charge in [0.2, 0.25) is 0 Å². The highest BCUT2D eigenvalue weighted by atomic mass is 16.5. The Morgan fingerprint density at radius 2 is 2.00 bits per heavy atom. The molecule has 0 saturated carbocycles. The van der Waals surface area contributed by atoms with Crippen LogP contribution in [0.4, 0.5) is 0 Å². The average molecular weight is 444 g/mol. The summed E-state index contributed by atoms with van der Waals surface area (Å²) in [7, 11) is 5.80. The van der Waals surface area contributed by atoms with Crippen molar-refractivity contribution in [2.75, 3.05) is 34.4 Å². The predicted octanol–water partition coefficient (Wildman–Crippen LogP) is 4.07. The summed E-state index contributed by atoms with van der Waals surface area (Å²) in [6, 6.07) is 0. The monoisotopic (exact) mass is 443 g/mol. The number of carbonyl (C=O) groups excluding carboxylic acids is 1. The Hall–Kier alpha value is -2.57. The van der Waals surface area contributed by atoms with Crippen LogP contribution in [0.1, 0.15) is 33.6 Å². The molecule has 3 rings (SSSR count). The van der Waals surface area contributed by atoms with Crippen LogP contribution < -0.4 is 10.6 Å². The molecule has 0 bridgehead atoms. The van der Waals surface area contributed by atoms with Crippen LogP contribution in [0.3, 0.4) is 0 Å². The maximum absolute atomic E-state index is 11.5. The molecule has 0 fully saturated rings. The number of allylic oxidation sites excluding steroid dienone is 5. The molecule has 3 unspecified atom stereocenters. The van der Waals surface area contributed by atoms with E-state index in [0.29, 0.717) is 26.1 Å². The second-order valence-corrected chi connectivity index (χ2v) is 7.51. The zero-order chi connectivity index (χ0) is 23.9. The summed E-state index contributed by atoms with van der Waals surface area (Å²) < 4.78 is 11.9. The lowest BCUT2D eigenvalue weighted by Crippen LogP contribution is -2.31. The largest absolute Gasteiger partial charge is 0.490 e. The van der Waals surface area contributed by atoms with E-state index in [-0.39, 0.29) is 18.2 Å². The van der Waals surface area contributed by atoms with Crippen LogP contribution in [0, 0.1) is 5.92 Å². The highest BCUT2D eigenvalue weighted by Crippen LogP contribution is 2.29. The topological polar surface area (TPSA) is 62.8 Å². The first kappa shape index (κ1) is 27.5. The molecule has 32 heavy (non-hydrogen) atoms. The standard InChI is InChI=1S/C22H28N2O3.C2H7N.C2H6/c1-16-7-5-4-6-11-26-12-10-22(16)27-19-13-18(15-25)8-9-21-20(14-19)23-17(2)24(21)3;1-3-2;1-2/h4-9,13,15,17-18,22-23H,1,10-12,14H2,2-3H3;3H,1-2H3;1-2H3/b6-4-,7-5-,9-8?,19-13+;;. The molecule has 0 spiro atoms. The lowest BCUT2D eigenvalue weighted by atomic mass is 10.0. The van der Waals surface area contributed by atoms with Crippen LogP contribution in [0.2, 0.25) is 0 Å². The Balaban J connectivity index is 0.000000944. The van der Waals surface area contributed by atoms with Gasteiger partial charge in [-0.2, -0.15) is 0 Å². The Bertz CT molecular complexity index is 749. The summed E-state index contributed by atoms with van der Waals surface area (Å²) in [5, 5.41) is 6.25. The van der Waals surface area contributed by atoms with Crippen LogP contribution >= 0.6 is 0 Å². The first-order valence-corrected chi connectivity index (χ1v) is 11.4. The van der Waals surface area contributed by atoms with Gasteiger partial charge in [-0.05, 0) is 38.7 Å². The van der Waals surface area contributed by atoms with Crippen molar-refractivity contribution in [2.24, 2.45) is 5.92 Å². The number of aldehydes is 1. The van der Waals surface area contributed by atoms with Gasteiger partial charge in [-0.25, -0.2) is 0 Å². The Morgan fingerprint density at radius 3 is 2.69 bits per heavy atom. The van der Waals surface area contributed by atoms with E-state index < -0.39 is 0 Å². The van der Waals surface area contributed by atoms with Gasteiger partial charge in [-0.1, -0.05) is 50.8 Å². The molecular weight excluding hydrogens is 402 g/mol. The van der Waals surface area contributed by atoms with Gasteiger partial charge >= 0.3 is 0 Å². The van der Waals surface area contributed by atoms with Crippen molar-refractivity contribution in [3.8, 4) is 0 Å². The minimum absolute atomic E-state index is 0.185. The first-order chi connectivity index (χ1) is 15.5. The van der Waals surface area contributed by atoms with E-state index in [1.54, 1.807) is 0 Å². The smallest absolute Gasteiger partial charge is 0.130 e. The number of rotatable bonds is 3. The molecule has 0 aromatic carbocycles. The molecule has 6 nitrogen and oxygen atoms in total. The number of nitrogens with zero attached hydrogens (tertiary/aromatic N) is 1. The lowest BCUT2D eigenvalue weighted by Gasteiger charge is -2.24. The van der Waals surface area contributed by atoms with Crippen molar-refractivity contribution in [1.82, 2.24) is 15.5 Å². The van der Waals surface area contributed by atoms with Gasteiger partial charge in [0.15, 0.2) is 0 Å². The van der Waals surface area contributed by atoms with Crippen LogP contribution in [-0.4, -0.2) is 57.8 Å². The number of carbonyl (C=O) groups is 1. The molecule has 2 heterocycles. The summed E-state index contributed by atoms with van der Waals surface area (Å²) in [6.07, 6.45) is 16.0. The first-order valence-electron chi connectivity index (χ1n) is 11.4. The van der Waals surface area contributed by atoms with Gasteiger partial charge in [0.1, 0.15) is 12.4 Å². The number of hydrogen-bond acceptors (Lipinski definition) is 6. The highest BCUT2D eigenvalue weighted by molar-refractivity contribution is 5.60. The molecule has 178 valence electrons. The third-order valence-corrected chi connectivity index (χ3v) is 5.02. The molecule has 0 saturated heterocycles. The number of likely N-dealkylation sites (N-methyl/N-ethyl adjacent to an activating group) is 1. The molecule has 0 aromatic rings. The minimum Gasteiger partial charge on any atom is -0.490 e. The fourth-order valence-corrected chi connectivity index (χ4v) is 3.34. The summed E-state index contributed by atoms with van der Waals surface area (Å²) in [5.41, 5.74) is 3.10. The summed E-state index contributed by atoms with van der Waals surface area (Å²) in [5.74, 6) is 0.479. The van der Waals surface area contributed by atoms with Crippen molar-refractivity contribution >= 4 is 6.29 Å². The van der Waals surface area contributed by atoms with E-state index in [1.165, 1.54) is 0 Å². The maximum atomic E-state index is 11.5. The third kappa shape index (κ3) is 8.52. The molecule has 1 aliphatic carbocycles. The van der Waals surface area contributed by atoms with Crippen LogP contribution in [0.15, 0.2) is 71.8 Å². The zero-order valence-corrected chi connectivity index (χ0v) is 20.6. The van der Waals surface area contributed by atoms with E-state index in [2.05, 4.69) is 29.0 Å². The zero-order valence-electron chi connectivity index (χ0n) is 20.6. The predicted molar refractivity (Wildman–Crippen MR) is 133 cm³/mol. The molecule has 2 N–H and O–H groups in total. The molecule has 6 heteroatoms. The summed E-state index contributed by atoms with van der Waals surface area (Å²) >= 11 is 0. The highest BCUT2D eigenvalue weighted by Gasteiger charge is 2.27. The number of ether oxygens (including phenoxy) is 2. The fourth-order valence-electron chi connectivity index (χ4n) is 3.34. The van der Waals surface area contributed by atoms with Crippen molar-refractivity contribution in [2.45, 2.75) is 45.9 Å². The quantitative estimate of drug-likeness (QED) is 0.641. The van der Waals surface area contributed by atoms with E-state index in [4.69, 9.17) is 9.47 Å². The fraction of sp³-hybridized carbons (Fsp3) is 0.500. The SMILES string of the molecule is C=C1/C=C\C=C/COCCC1O/C1=C/C(C=O)C=CC2=C(C1)NC(C)N2C.CC.CNC. The number of hydrogen-bond donors (Lipinski definition) is 2. The normalized spacial score (nSPS) is 28.7. The van der Waals surface area contributed by atoms with E-state index in [1.807, 2.05) is 77.5 Å². The van der Waals surface area contributed by atoms with Gasteiger partial charge in [-0.3, -0.25) is 0 Å². The summed E-state index contributed by atoms with van der Waals surface area (Å²) in [4.78, 5) is 13.7. The number of nitrogens with one attached hydrogen (secondary N) is 2. The molecule has 0 radical (unpaired) electrons. The second-order valence-electron chi connectivity index (χ2n) is 7.51. The molecule has 0 amide bonds. The van der Waals surface area contributed by atoms with E-state index >= 15 is 0 Å². The van der Waals surface area contributed by atoms with Crippen molar-refractivity contribution in [3.63, 3.8) is 0 Å². The minimum atomic E-state index is -0.305. The molecular formula is C26H41N3O3. The van der Waals surface area contributed by atoms with Crippen molar-refractivity contribution in [1.29, 1.82) is 0 Å². The molecule has 2 aliphatic heterocycles. The van der Waals surface area contributed by atoms with Crippen LogP contribution in [-0.2, 0) is 14.3 Å². The van der Waals surface area contributed by atoms with E-state index in [9.17, 15) is 4.79 Å². The van der Waals surface area contributed by atoms with Gasteiger partial charge in [0.25, 0.3) is 0 Å². The van der Waals surface area contributed by atoms with Gasteiger partial charge in [-0.15, -0.1) is 0 Å². The average Bonchev–Trinajstić information content (AvgIpc) is 3.03. The maximum Gasteiger partial charge on any atom is 0.130 e. The second kappa shape index (κ2) is 15.3. The lowest BCUT2D eigenvalue weighted by molar-refractivity contribution is -0.109. The van der Waals surface area contributed by atoms with Gasteiger partial charge in [0, 0.05) is 25.6 Å². The Kier molecular flexibility index (Phi) is 13.1. The van der Waals surface area contributed by atoms with Crippen molar-refractivity contribution in [3.05, 3.63) is 71.8 Å². The van der Waals surface area contributed by atoms with Crippen LogP contribution in [0.25, 0.3) is 0 Å². The molecule has 3 aliphatic rings. The Morgan fingerprint density at radius 1 is 1.28 bits per heavy atom. The van der Waals surface area contributed by atoms with E-state index in [0.717, 1.165) is 29.0 Å². The van der Waals surface area contributed by atoms with Gasteiger partial charge < -0.3 is 29.8 Å². The molecule has 0 aromatic heterocycles. The molecule has 3 atom stereocenters.